The van der Waals surface area contributed by atoms with E-state index in [0.29, 0.717) is 12.4 Å². The molecule has 1 aromatic heterocycles. The second-order valence-corrected chi connectivity index (χ2v) is 3.75. The summed E-state index contributed by atoms with van der Waals surface area (Å²) in [5, 5.41) is 20.4. The number of hydrogen-bond acceptors (Lipinski definition) is 4. The predicted molar refractivity (Wildman–Crippen MR) is 69.5 cm³/mol. The Bertz CT molecular complexity index is 606. The molecule has 18 heavy (non-hydrogen) atoms. The van der Waals surface area contributed by atoms with Gasteiger partial charge in [0.15, 0.2) is 5.82 Å². The number of hydrogen-bond donors (Lipinski definition) is 1. The molecular formula is C13H13N5. The van der Waals surface area contributed by atoms with Gasteiger partial charge in [-0.2, -0.15) is 5.26 Å². The minimum atomic E-state index is 0.278. The Morgan fingerprint density at radius 3 is 2.89 bits per heavy atom. The molecule has 0 aliphatic heterocycles. The third-order valence-electron chi connectivity index (χ3n) is 2.46. The van der Waals surface area contributed by atoms with E-state index in [-0.39, 0.29) is 5.69 Å². The number of benzene rings is 1. The Kier molecular flexibility index (Phi) is 3.39. The van der Waals surface area contributed by atoms with E-state index in [1.165, 1.54) is 4.80 Å². The molecule has 0 spiro atoms. The molecule has 2 rings (SSSR count). The van der Waals surface area contributed by atoms with Crippen LogP contribution in [0.5, 0.6) is 0 Å². The van der Waals surface area contributed by atoms with Gasteiger partial charge in [-0.25, -0.2) is 0 Å². The first kappa shape index (κ1) is 11.9. The number of aromatic nitrogens is 3. The number of anilines is 1. The minimum Gasteiger partial charge on any atom is -0.363 e. The number of nitrogens with one attached hydrogen (secondary N) is 1. The van der Waals surface area contributed by atoms with Gasteiger partial charge < -0.3 is 5.32 Å². The number of aryl methyl sites for hydroxylation is 1. The van der Waals surface area contributed by atoms with Crippen LogP contribution in [-0.4, -0.2) is 21.5 Å². The van der Waals surface area contributed by atoms with E-state index >= 15 is 0 Å². The zero-order valence-corrected chi connectivity index (χ0v) is 10.1. The van der Waals surface area contributed by atoms with Crippen molar-refractivity contribution >= 4 is 5.82 Å². The van der Waals surface area contributed by atoms with Gasteiger partial charge in [-0.3, -0.25) is 0 Å². The summed E-state index contributed by atoms with van der Waals surface area (Å²) < 4.78 is 0. The van der Waals surface area contributed by atoms with Crippen LogP contribution in [0, 0.1) is 18.3 Å². The van der Waals surface area contributed by atoms with Gasteiger partial charge in [0.05, 0.1) is 5.69 Å². The number of nitriles is 1. The van der Waals surface area contributed by atoms with Gasteiger partial charge in [0, 0.05) is 6.54 Å². The fourth-order valence-corrected chi connectivity index (χ4v) is 1.57. The van der Waals surface area contributed by atoms with Crippen molar-refractivity contribution in [3.8, 4) is 11.8 Å². The summed E-state index contributed by atoms with van der Waals surface area (Å²) in [6.45, 7) is 6.13. The lowest BCUT2D eigenvalue weighted by Crippen LogP contribution is -2.03. The van der Waals surface area contributed by atoms with Crippen LogP contribution in [0.2, 0.25) is 0 Å². The number of para-hydroxylation sites is 1. The van der Waals surface area contributed by atoms with E-state index in [0.717, 1.165) is 11.3 Å². The summed E-state index contributed by atoms with van der Waals surface area (Å²) in [5.74, 6) is 0.473. The Labute approximate surface area is 105 Å². The minimum absolute atomic E-state index is 0.278. The van der Waals surface area contributed by atoms with Crippen molar-refractivity contribution in [1.82, 2.24) is 15.0 Å². The highest BCUT2D eigenvalue weighted by atomic mass is 15.5. The zero-order valence-electron chi connectivity index (χ0n) is 10.1. The van der Waals surface area contributed by atoms with Crippen molar-refractivity contribution in [2.24, 2.45) is 0 Å². The van der Waals surface area contributed by atoms with E-state index in [1.54, 1.807) is 6.08 Å². The Morgan fingerprint density at radius 2 is 2.22 bits per heavy atom. The highest BCUT2D eigenvalue weighted by molar-refractivity contribution is 5.49. The average Bonchev–Trinajstić information content (AvgIpc) is 2.80. The van der Waals surface area contributed by atoms with Crippen molar-refractivity contribution in [2.45, 2.75) is 6.92 Å². The lowest BCUT2D eigenvalue weighted by Gasteiger charge is -2.02. The number of rotatable bonds is 4. The van der Waals surface area contributed by atoms with Crippen LogP contribution < -0.4 is 5.32 Å². The fourth-order valence-electron chi connectivity index (χ4n) is 1.57. The van der Waals surface area contributed by atoms with Crippen molar-refractivity contribution in [3.63, 3.8) is 0 Å². The van der Waals surface area contributed by atoms with Crippen LogP contribution >= 0.6 is 0 Å². The van der Waals surface area contributed by atoms with Gasteiger partial charge in [-0.1, -0.05) is 24.3 Å². The van der Waals surface area contributed by atoms with Crippen LogP contribution in [0.25, 0.3) is 5.69 Å². The molecule has 0 atom stereocenters. The normalized spacial score (nSPS) is 9.78. The maximum Gasteiger partial charge on any atom is 0.207 e. The fraction of sp³-hybridized carbons (Fsp3) is 0.154. The highest BCUT2D eigenvalue weighted by Gasteiger charge is 2.11. The topological polar surface area (TPSA) is 66.5 Å². The summed E-state index contributed by atoms with van der Waals surface area (Å²) in [4.78, 5) is 1.47. The first-order chi connectivity index (χ1) is 8.76. The molecule has 90 valence electrons. The number of nitrogens with zero attached hydrogens (tertiary/aromatic N) is 4. The largest absolute Gasteiger partial charge is 0.363 e. The monoisotopic (exact) mass is 239 g/mol. The maximum atomic E-state index is 9.02. The van der Waals surface area contributed by atoms with Crippen molar-refractivity contribution in [3.05, 3.63) is 48.2 Å². The highest BCUT2D eigenvalue weighted by Crippen LogP contribution is 2.15. The SMILES string of the molecule is C=CCNc1nn(-c2ccccc2C)nc1C#N. The molecule has 0 amide bonds. The molecule has 0 bridgehead atoms. The predicted octanol–water partition coefficient (Wildman–Crippen LogP) is 2.05. The first-order valence-electron chi connectivity index (χ1n) is 5.54. The molecule has 0 radical (unpaired) electrons. The summed E-state index contributed by atoms with van der Waals surface area (Å²) in [6.07, 6.45) is 1.70. The van der Waals surface area contributed by atoms with Crippen molar-refractivity contribution < 1.29 is 0 Å². The van der Waals surface area contributed by atoms with E-state index in [1.807, 2.05) is 37.3 Å². The van der Waals surface area contributed by atoms with Crippen LogP contribution in [0.1, 0.15) is 11.3 Å². The van der Waals surface area contributed by atoms with E-state index < -0.39 is 0 Å². The molecule has 1 heterocycles. The van der Waals surface area contributed by atoms with Crippen molar-refractivity contribution in [2.75, 3.05) is 11.9 Å². The molecule has 1 aromatic carbocycles. The quantitative estimate of drug-likeness (QED) is 0.829. The van der Waals surface area contributed by atoms with Crippen LogP contribution in [0.3, 0.4) is 0 Å². The average molecular weight is 239 g/mol. The van der Waals surface area contributed by atoms with Crippen LogP contribution in [0.15, 0.2) is 36.9 Å². The molecule has 0 aliphatic carbocycles. The molecule has 0 saturated heterocycles. The van der Waals surface area contributed by atoms with E-state index in [9.17, 15) is 0 Å². The summed E-state index contributed by atoms with van der Waals surface area (Å²) in [6, 6.07) is 9.77. The second kappa shape index (κ2) is 5.15. The van der Waals surface area contributed by atoms with E-state index in [2.05, 4.69) is 22.1 Å². The summed E-state index contributed by atoms with van der Waals surface area (Å²) >= 11 is 0. The molecule has 2 aromatic rings. The smallest absolute Gasteiger partial charge is 0.207 e. The molecule has 1 N–H and O–H groups in total. The Morgan fingerprint density at radius 1 is 1.44 bits per heavy atom. The molecule has 0 unspecified atom stereocenters. The molecule has 0 fully saturated rings. The third kappa shape index (κ3) is 2.23. The Hall–Kier alpha value is -2.61. The third-order valence-corrected chi connectivity index (χ3v) is 2.46. The van der Waals surface area contributed by atoms with Gasteiger partial charge >= 0.3 is 0 Å². The summed E-state index contributed by atoms with van der Waals surface area (Å²) in [7, 11) is 0. The van der Waals surface area contributed by atoms with E-state index in [4.69, 9.17) is 5.26 Å². The molecule has 0 aliphatic rings. The lowest BCUT2D eigenvalue weighted by molar-refractivity contribution is 0.746. The standard InChI is InChI=1S/C13H13N5/c1-3-8-15-13-11(9-14)16-18(17-13)12-7-5-4-6-10(12)2/h3-7H,1,8H2,2H3,(H,15,17). The van der Waals surface area contributed by atoms with Gasteiger partial charge in [0.25, 0.3) is 0 Å². The lowest BCUT2D eigenvalue weighted by atomic mass is 10.2. The summed E-state index contributed by atoms with van der Waals surface area (Å²) in [5.41, 5.74) is 2.19. The van der Waals surface area contributed by atoms with Crippen molar-refractivity contribution in [1.29, 1.82) is 5.26 Å². The molecule has 5 heteroatoms. The van der Waals surface area contributed by atoms with Crippen LogP contribution in [-0.2, 0) is 0 Å². The first-order valence-corrected chi connectivity index (χ1v) is 5.54. The Balaban J connectivity index is 2.42. The molecule has 5 nitrogen and oxygen atoms in total. The maximum absolute atomic E-state index is 9.02. The molecular weight excluding hydrogens is 226 g/mol. The second-order valence-electron chi connectivity index (χ2n) is 3.75. The van der Waals surface area contributed by atoms with Gasteiger partial charge in [-0.05, 0) is 18.6 Å². The van der Waals surface area contributed by atoms with Gasteiger partial charge in [0.1, 0.15) is 6.07 Å². The van der Waals surface area contributed by atoms with Crippen LogP contribution in [0.4, 0.5) is 5.82 Å². The molecule has 0 saturated carbocycles. The van der Waals surface area contributed by atoms with Gasteiger partial charge in [0.2, 0.25) is 5.69 Å². The zero-order chi connectivity index (χ0) is 13.0. The van der Waals surface area contributed by atoms with Gasteiger partial charge in [-0.15, -0.1) is 21.6 Å².